The molecule has 5 nitrogen and oxygen atoms in total. The number of aliphatic imine (C=N–C) groups is 1. The third-order valence-corrected chi connectivity index (χ3v) is 7.85. The summed E-state index contributed by atoms with van der Waals surface area (Å²) in [6.07, 6.45) is 1.85. The summed E-state index contributed by atoms with van der Waals surface area (Å²) in [7, 11) is 0. The molecule has 0 saturated carbocycles. The number of hydrogen-bond acceptors (Lipinski definition) is 5. The van der Waals surface area contributed by atoms with Crippen molar-refractivity contribution in [1.82, 2.24) is 4.90 Å². The first-order valence-corrected chi connectivity index (χ1v) is 14.8. The lowest BCUT2D eigenvalue weighted by atomic mass is 10.1. The molecule has 0 atom stereocenters. The van der Waals surface area contributed by atoms with Crippen molar-refractivity contribution in [2.24, 2.45) is 4.99 Å². The molecule has 4 aromatic carbocycles. The van der Waals surface area contributed by atoms with Crippen LogP contribution < -0.4 is 9.47 Å². The number of halogens is 2. The van der Waals surface area contributed by atoms with Gasteiger partial charge >= 0.3 is 0 Å². The lowest BCUT2D eigenvalue weighted by Gasteiger charge is -2.16. The summed E-state index contributed by atoms with van der Waals surface area (Å²) in [5.41, 5.74) is 3.58. The van der Waals surface area contributed by atoms with Crippen molar-refractivity contribution in [2.45, 2.75) is 26.6 Å². The second-order valence-electron chi connectivity index (χ2n) is 9.25. The summed E-state index contributed by atoms with van der Waals surface area (Å²) < 4.78 is 26.2. The third kappa shape index (κ3) is 7.45. The molecule has 1 heterocycles. The van der Waals surface area contributed by atoms with Crippen LogP contribution in [0.25, 0.3) is 6.08 Å². The number of carbonyl (C=O) groups is 1. The van der Waals surface area contributed by atoms with Crippen LogP contribution in [0.3, 0.4) is 0 Å². The average Bonchev–Trinajstić information content (AvgIpc) is 3.26. The Morgan fingerprint density at radius 2 is 1.61 bits per heavy atom. The van der Waals surface area contributed by atoms with Crippen LogP contribution in [0.2, 0.25) is 0 Å². The van der Waals surface area contributed by atoms with Crippen LogP contribution in [0, 0.1) is 5.82 Å². The highest BCUT2D eigenvalue weighted by Gasteiger charge is 2.33. The monoisotopic (exact) mass is 630 g/mol. The van der Waals surface area contributed by atoms with E-state index in [1.54, 1.807) is 17.0 Å². The van der Waals surface area contributed by atoms with E-state index in [-0.39, 0.29) is 18.3 Å². The predicted octanol–water partition coefficient (Wildman–Crippen LogP) is 8.24. The molecule has 1 aliphatic rings. The van der Waals surface area contributed by atoms with Gasteiger partial charge in [0.15, 0.2) is 16.7 Å². The fourth-order valence-electron chi connectivity index (χ4n) is 4.28. The standard InChI is InChI=1S/C33H28BrFN2O3S/c1-2-39-29-18-26(17-28(34)31(29)40-22-25-14-9-15-27(35)16-25)19-30-32(38)37(21-24-12-7-4-8-13-24)33(41-30)36-20-23-10-5-3-6-11-23/h3-19H,2,20-22H2,1H3/b30-19+,36-33?. The first-order chi connectivity index (χ1) is 20.0. The van der Waals surface area contributed by atoms with Crippen molar-refractivity contribution in [3.8, 4) is 11.5 Å². The Kier molecular flexibility index (Phi) is 9.54. The maximum absolute atomic E-state index is 13.6. The molecule has 1 amide bonds. The fraction of sp³-hybridized carbons (Fsp3) is 0.152. The second-order valence-corrected chi connectivity index (χ2v) is 11.1. The van der Waals surface area contributed by atoms with Gasteiger partial charge in [-0.1, -0.05) is 72.8 Å². The summed E-state index contributed by atoms with van der Waals surface area (Å²) >= 11 is 4.97. The first kappa shape index (κ1) is 28.6. The number of amides is 1. The Morgan fingerprint density at radius 1 is 0.902 bits per heavy atom. The minimum atomic E-state index is -0.316. The Hall–Kier alpha value is -3.88. The van der Waals surface area contributed by atoms with Gasteiger partial charge in [-0.2, -0.15) is 0 Å². The van der Waals surface area contributed by atoms with E-state index >= 15 is 0 Å². The van der Waals surface area contributed by atoms with Crippen LogP contribution in [-0.2, 0) is 24.5 Å². The van der Waals surface area contributed by atoms with Gasteiger partial charge in [-0.15, -0.1) is 0 Å². The Morgan fingerprint density at radius 3 is 2.32 bits per heavy atom. The van der Waals surface area contributed by atoms with E-state index in [0.717, 1.165) is 16.7 Å². The lowest BCUT2D eigenvalue weighted by Crippen LogP contribution is -2.28. The summed E-state index contributed by atoms with van der Waals surface area (Å²) in [5.74, 6) is 0.620. The van der Waals surface area contributed by atoms with Crippen LogP contribution >= 0.6 is 27.7 Å². The van der Waals surface area contributed by atoms with E-state index in [4.69, 9.17) is 14.5 Å². The maximum Gasteiger partial charge on any atom is 0.267 e. The number of amidine groups is 1. The molecular weight excluding hydrogens is 603 g/mol. The third-order valence-electron chi connectivity index (χ3n) is 6.21. The van der Waals surface area contributed by atoms with Crippen molar-refractivity contribution < 1.29 is 18.7 Å². The summed E-state index contributed by atoms with van der Waals surface area (Å²) in [4.78, 5) is 20.7. The number of hydrogen-bond donors (Lipinski definition) is 0. The molecule has 0 spiro atoms. The maximum atomic E-state index is 13.6. The normalized spacial score (nSPS) is 15.1. The first-order valence-electron chi connectivity index (χ1n) is 13.2. The molecule has 208 valence electrons. The van der Waals surface area contributed by atoms with Crippen LogP contribution in [0.4, 0.5) is 4.39 Å². The quantitative estimate of drug-likeness (QED) is 0.166. The van der Waals surface area contributed by atoms with Gasteiger partial charge in [0, 0.05) is 0 Å². The topological polar surface area (TPSA) is 51.1 Å². The molecule has 5 rings (SSSR count). The van der Waals surface area contributed by atoms with Crippen molar-refractivity contribution in [3.63, 3.8) is 0 Å². The van der Waals surface area contributed by atoms with Crippen molar-refractivity contribution >= 4 is 44.8 Å². The highest BCUT2D eigenvalue weighted by molar-refractivity contribution is 9.10. The van der Waals surface area contributed by atoms with E-state index in [9.17, 15) is 9.18 Å². The van der Waals surface area contributed by atoms with Gasteiger partial charge in [-0.3, -0.25) is 14.7 Å². The Balaban J connectivity index is 1.42. The number of benzene rings is 4. The summed E-state index contributed by atoms with van der Waals surface area (Å²) in [5, 5.41) is 0.660. The fourth-order valence-corrected chi connectivity index (χ4v) is 5.83. The zero-order valence-corrected chi connectivity index (χ0v) is 24.8. The van der Waals surface area contributed by atoms with Crippen molar-refractivity contribution in [1.29, 1.82) is 0 Å². The highest BCUT2D eigenvalue weighted by Crippen LogP contribution is 2.40. The number of nitrogens with zero attached hydrogens (tertiary/aromatic N) is 2. The molecule has 0 aromatic heterocycles. The highest BCUT2D eigenvalue weighted by atomic mass is 79.9. The van der Waals surface area contributed by atoms with E-state index < -0.39 is 0 Å². The van der Waals surface area contributed by atoms with Gasteiger partial charge in [0.25, 0.3) is 5.91 Å². The van der Waals surface area contributed by atoms with Gasteiger partial charge in [-0.25, -0.2) is 4.39 Å². The molecular formula is C33H28BrFN2O3S. The van der Waals surface area contributed by atoms with Crippen molar-refractivity contribution in [2.75, 3.05) is 6.61 Å². The number of rotatable bonds is 10. The predicted molar refractivity (Wildman–Crippen MR) is 166 cm³/mol. The molecule has 8 heteroatoms. The molecule has 1 fully saturated rings. The SMILES string of the molecule is CCOc1cc(/C=C2/SC(=NCc3ccccc3)N(Cc3ccccc3)C2=O)cc(Br)c1OCc1cccc(F)c1. The molecule has 4 aromatic rings. The number of ether oxygens (including phenoxy) is 2. The molecule has 0 aliphatic carbocycles. The minimum Gasteiger partial charge on any atom is -0.490 e. The average molecular weight is 632 g/mol. The van der Waals surface area contributed by atoms with Crippen LogP contribution in [0.15, 0.2) is 111 Å². The Bertz CT molecular complexity index is 1580. The van der Waals surface area contributed by atoms with E-state index in [2.05, 4.69) is 15.9 Å². The molecule has 0 radical (unpaired) electrons. The molecule has 41 heavy (non-hydrogen) atoms. The summed E-state index contributed by atoms with van der Waals surface area (Å²) in [6, 6.07) is 29.9. The zero-order valence-electron chi connectivity index (χ0n) is 22.4. The lowest BCUT2D eigenvalue weighted by molar-refractivity contribution is -0.122. The molecule has 0 unspecified atom stereocenters. The van der Waals surface area contributed by atoms with Crippen LogP contribution in [0.5, 0.6) is 11.5 Å². The largest absolute Gasteiger partial charge is 0.490 e. The smallest absolute Gasteiger partial charge is 0.267 e. The van der Waals surface area contributed by atoms with Gasteiger partial charge < -0.3 is 9.47 Å². The summed E-state index contributed by atoms with van der Waals surface area (Å²) in [6.45, 7) is 3.41. The minimum absolute atomic E-state index is 0.105. The van der Waals surface area contributed by atoms with E-state index in [0.29, 0.717) is 51.3 Å². The van der Waals surface area contributed by atoms with Gasteiger partial charge in [0.1, 0.15) is 12.4 Å². The van der Waals surface area contributed by atoms with E-state index in [1.807, 2.05) is 85.8 Å². The van der Waals surface area contributed by atoms with Gasteiger partial charge in [0.2, 0.25) is 0 Å². The Labute approximate surface area is 251 Å². The van der Waals surface area contributed by atoms with Crippen LogP contribution in [0.1, 0.15) is 29.2 Å². The zero-order chi connectivity index (χ0) is 28.6. The van der Waals surface area contributed by atoms with E-state index in [1.165, 1.54) is 23.9 Å². The van der Waals surface area contributed by atoms with Crippen LogP contribution in [-0.4, -0.2) is 22.6 Å². The number of thioether (sulfide) groups is 1. The van der Waals surface area contributed by atoms with Crippen molar-refractivity contribution in [3.05, 3.63) is 135 Å². The molecule has 0 N–H and O–H groups in total. The number of carbonyl (C=O) groups excluding carboxylic acids is 1. The molecule has 0 bridgehead atoms. The van der Waals surface area contributed by atoms with Gasteiger partial charge in [-0.05, 0) is 87.2 Å². The second kappa shape index (κ2) is 13.7. The molecule has 1 aliphatic heterocycles. The van der Waals surface area contributed by atoms with Gasteiger partial charge in [0.05, 0.1) is 29.1 Å². The molecule has 1 saturated heterocycles.